The average Bonchev–Trinajstić information content (AvgIpc) is 2.22. The van der Waals surface area contributed by atoms with Gasteiger partial charge in [0.1, 0.15) is 0 Å². The van der Waals surface area contributed by atoms with E-state index in [2.05, 4.69) is 12.1 Å². The van der Waals surface area contributed by atoms with E-state index in [0.717, 1.165) is 0 Å². The molecule has 0 aliphatic heterocycles. The molecule has 0 aromatic carbocycles. The van der Waals surface area contributed by atoms with Crippen molar-refractivity contribution in [3.05, 3.63) is 0 Å². The molecule has 0 spiro atoms. The highest BCUT2D eigenvalue weighted by Gasteiger charge is 2.33. The number of rotatable bonds is 7. The van der Waals surface area contributed by atoms with Crippen molar-refractivity contribution in [2.24, 2.45) is 0 Å². The maximum Gasteiger partial charge on any atom is 0.152 e. The molecule has 0 N–H and O–H groups in total. The molecule has 17 heavy (non-hydrogen) atoms. The van der Waals surface area contributed by atoms with Crippen molar-refractivity contribution in [2.75, 3.05) is 12.3 Å². The minimum atomic E-state index is -2.59. The fourth-order valence-electron chi connectivity index (χ4n) is 2.23. The summed E-state index contributed by atoms with van der Waals surface area (Å²) >= 11 is 0. The SMILES string of the molecule is CC(C)N(C(C)C)P(=O)(CCC#N)CCC#N. The molecular formula is C12H22N3OP. The van der Waals surface area contributed by atoms with Crippen LogP contribution in [0.4, 0.5) is 0 Å². The third-order valence-corrected chi connectivity index (χ3v) is 6.24. The number of hydrogen-bond donors (Lipinski definition) is 0. The van der Waals surface area contributed by atoms with Gasteiger partial charge < -0.3 is 4.57 Å². The molecule has 0 aromatic heterocycles. The van der Waals surface area contributed by atoms with Crippen LogP contribution in [-0.2, 0) is 4.57 Å². The van der Waals surface area contributed by atoms with Gasteiger partial charge in [0, 0.05) is 37.2 Å². The molecule has 0 aromatic rings. The Hall–Kier alpha value is -0.830. The highest BCUT2D eigenvalue weighted by Crippen LogP contribution is 2.53. The van der Waals surface area contributed by atoms with Crippen LogP contribution in [0.15, 0.2) is 0 Å². The van der Waals surface area contributed by atoms with Gasteiger partial charge in [0.15, 0.2) is 7.29 Å². The predicted molar refractivity (Wildman–Crippen MR) is 69.9 cm³/mol. The van der Waals surface area contributed by atoms with E-state index in [1.807, 2.05) is 32.4 Å². The Morgan fingerprint density at radius 1 is 1.00 bits per heavy atom. The van der Waals surface area contributed by atoms with Crippen molar-refractivity contribution >= 4 is 7.29 Å². The molecule has 5 heteroatoms. The molecule has 0 fully saturated rings. The van der Waals surface area contributed by atoms with Crippen LogP contribution in [0, 0.1) is 22.7 Å². The lowest BCUT2D eigenvalue weighted by molar-refractivity contribution is 0.299. The van der Waals surface area contributed by atoms with Crippen LogP contribution in [0.3, 0.4) is 0 Å². The van der Waals surface area contributed by atoms with Crippen molar-refractivity contribution in [3.63, 3.8) is 0 Å². The molecule has 96 valence electrons. The Morgan fingerprint density at radius 3 is 1.59 bits per heavy atom. The maximum atomic E-state index is 12.9. The second-order valence-corrected chi connectivity index (χ2v) is 7.73. The first-order chi connectivity index (χ1) is 7.89. The highest BCUT2D eigenvalue weighted by molar-refractivity contribution is 7.61. The fraction of sp³-hybridized carbons (Fsp3) is 0.833. The van der Waals surface area contributed by atoms with E-state index in [4.69, 9.17) is 10.5 Å². The van der Waals surface area contributed by atoms with Crippen LogP contribution in [-0.4, -0.2) is 29.1 Å². The first kappa shape index (κ1) is 16.2. The van der Waals surface area contributed by atoms with Crippen LogP contribution in [0.1, 0.15) is 40.5 Å². The van der Waals surface area contributed by atoms with E-state index in [1.54, 1.807) is 0 Å². The van der Waals surface area contributed by atoms with Crippen LogP contribution in [0.25, 0.3) is 0 Å². The van der Waals surface area contributed by atoms with Crippen molar-refractivity contribution in [2.45, 2.75) is 52.6 Å². The van der Waals surface area contributed by atoms with Crippen LogP contribution >= 0.6 is 7.29 Å². The summed E-state index contributed by atoms with van der Waals surface area (Å²) in [5.74, 6) is 0. The first-order valence-electron chi connectivity index (χ1n) is 6.00. The Morgan fingerprint density at radius 2 is 1.35 bits per heavy atom. The van der Waals surface area contributed by atoms with Crippen LogP contribution in [0.2, 0.25) is 0 Å². The average molecular weight is 255 g/mol. The zero-order chi connectivity index (χ0) is 13.5. The first-order valence-corrected chi connectivity index (χ1v) is 8.03. The number of nitriles is 2. The zero-order valence-corrected chi connectivity index (χ0v) is 12.1. The number of hydrogen-bond acceptors (Lipinski definition) is 3. The van der Waals surface area contributed by atoms with Crippen LogP contribution < -0.4 is 0 Å². The standard InChI is InChI=1S/C12H22N3OP/c1-11(2)15(12(3)4)17(16,9-5-7-13)10-6-8-14/h11-12H,5-6,9-10H2,1-4H3. The summed E-state index contributed by atoms with van der Waals surface area (Å²) in [5, 5.41) is 17.3. The lowest BCUT2D eigenvalue weighted by atomic mass is 10.3. The molecule has 0 amide bonds. The van der Waals surface area contributed by atoms with E-state index in [-0.39, 0.29) is 12.1 Å². The zero-order valence-electron chi connectivity index (χ0n) is 11.2. The van der Waals surface area contributed by atoms with E-state index < -0.39 is 7.29 Å². The van der Waals surface area contributed by atoms with E-state index in [1.165, 1.54) is 0 Å². The monoisotopic (exact) mass is 255 g/mol. The lowest BCUT2D eigenvalue weighted by Crippen LogP contribution is -2.35. The Bertz CT molecular complexity index is 322. The Balaban J connectivity index is 5.06. The summed E-state index contributed by atoms with van der Waals surface area (Å²) in [7, 11) is -2.59. The van der Waals surface area contributed by atoms with Gasteiger partial charge in [-0.15, -0.1) is 0 Å². The molecule has 0 heterocycles. The largest absolute Gasteiger partial charge is 0.306 e. The van der Waals surface area contributed by atoms with Crippen molar-refractivity contribution in [1.29, 1.82) is 10.5 Å². The number of nitrogens with zero attached hydrogens (tertiary/aromatic N) is 3. The Labute approximate surface area is 105 Å². The summed E-state index contributed by atoms with van der Waals surface area (Å²) in [6, 6.07) is 4.43. The summed E-state index contributed by atoms with van der Waals surface area (Å²) in [4.78, 5) is 0. The van der Waals surface area contributed by atoms with Crippen molar-refractivity contribution in [3.8, 4) is 12.1 Å². The third-order valence-electron chi connectivity index (χ3n) is 2.63. The molecule has 0 rings (SSSR count). The molecule has 0 unspecified atom stereocenters. The molecule has 0 saturated carbocycles. The smallest absolute Gasteiger partial charge is 0.152 e. The van der Waals surface area contributed by atoms with Gasteiger partial charge in [-0.1, -0.05) is 0 Å². The fourth-order valence-corrected chi connectivity index (χ4v) is 5.50. The molecule has 0 aliphatic carbocycles. The van der Waals surface area contributed by atoms with Gasteiger partial charge in [0.2, 0.25) is 0 Å². The Kier molecular flexibility index (Phi) is 7.12. The maximum absolute atomic E-state index is 12.9. The molecular weight excluding hydrogens is 233 g/mol. The molecule has 0 saturated heterocycles. The van der Waals surface area contributed by atoms with Crippen LogP contribution in [0.5, 0.6) is 0 Å². The second-order valence-electron chi connectivity index (χ2n) is 4.68. The van der Waals surface area contributed by atoms with E-state index in [9.17, 15) is 4.57 Å². The van der Waals surface area contributed by atoms with E-state index >= 15 is 0 Å². The minimum Gasteiger partial charge on any atom is -0.306 e. The molecule has 0 radical (unpaired) electrons. The van der Waals surface area contributed by atoms with Gasteiger partial charge in [-0.05, 0) is 27.7 Å². The summed E-state index contributed by atoms with van der Waals surface area (Å²) < 4.78 is 14.9. The molecule has 0 aliphatic rings. The quantitative estimate of drug-likeness (QED) is 0.655. The molecule has 0 atom stereocenters. The van der Waals surface area contributed by atoms with Gasteiger partial charge in [-0.25, -0.2) is 4.67 Å². The minimum absolute atomic E-state index is 0.165. The normalized spacial score (nSPS) is 11.8. The van der Waals surface area contributed by atoms with Crippen molar-refractivity contribution < 1.29 is 4.57 Å². The van der Waals surface area contributed by atoms with Gasteiger partial charge in [-0.3, -0.25) is 0 Å². The predicted octanol–water partition coefficient (Wildman–Crippen LogP) is 3.21. The van der Waals surface area contributed by atoms with Gasteiger partial charge >= 0.3 is 0 Å². The second kappa shape index (κ2) is 7.49. The molecule has 0 bridgehead atoms. The third kappa shape index (κ3) is 4.90. The highest BCUT2D eigenvalue weighted by atomic mass is 31.2. The van der Waals surface area contributed by atoms with Gasteiger partial charge in [0.05, 0.1) is 12.1 Å². The molecule has 4 nitrogen and oxygen atoms in total. The van der Waals surface area contributed by atoms with Gasteiger partial charge in [-0.2, -0.15) is 10.5 Å². The topological polar surface area (TPSA) is 67.9 Å². The van der Waals surface area contributed by atoms with Gasteiger partial charge in [0.25, 0.3) is 0 Å². The summed E-state index contributed by atoms with van der Waals surface area (Å²) in [6.45, 7) is 8.02. The van der Waals surface area contributed by atoms with E-state index in [0.29, 0.717) is 25.2 Å². The lowest BCUT2D eigenvalue weighted by Gasteiger charge is -2.37. The summed E-state index contributed by atoms with van der Waals surface area (Å²) in [6.07, 6.45) is 1.36. The van der Waals surface area contributed by atoms with Crippen molar-refractivity contribution in [1.82, 2.24) is 4.67 Å². The summed E-state index contributed by atoms with van der Waals surface area (Å²) in [5.41, 5.74) is 0.